The predicted molar refractivity (Wildman–Crippen MR) is 97.7 cm³/mol. The Bertz CT molecular complexity index is 778. The second kappa shape index (κ2) is 7.68. The zero-order valence-corrected chi connectivity index (χ0v) is 14.8. The first-order chi connectivity index (χ1) is 11.4. The number of methoxy groups -OCH3 is 2. The number of nitrogens with one attached hydrogen (secondary N) is 1. The summed E-state index contributed by atoms with van der Waals surface area (Å²) in [6.07, 6.45) is 1.57. The Morgan fingerprint density at radius 2 is 1.75 bits per heavy atom. The first kappa shape index (κ1) is 17.6. The normalized spacial score (nSPS) is 11.1. The van der Waals surface area contributed by atoms with Crippen molar-refractivity contribution < 1.29 is 14.3 Å². The molecule has 0 unspecified atom stereocenters. The van der Waals surface area contributed by atoms with Crippen LogP contribution in [0.2, 0.25) is 0 Å². The summed E-state index contributed by atoms with van der Waals surface area (Å²) in [7, 11) is 3.20. The number of aryl methyl sites for hydroxylation is 2. The van der Waals surface area contributed by atoms with Gasteiger partial charge in [-0.3, -0.25) is 4.79 Å². The molecular weight excluding hydrogens is 302 g/mol. The van der Waals surface area contributed by atoms with E-state index in [4.69, 9.17) is 9.47 Å². The van der Waals surface area contributed by atoms with E-state index in [1.165, 1.54) is 5.56 Å². The van der Waals surface area contributed by atoms with Crippen LogP contribution in [-0.2, 0) is 4.79 Å². The second-order valence-corrected chi connectivity index (χ2v) is 5.68. The zero-order valence-electron chi connectivity index (χ0n) is 14.8. The van der Waals surface area contributed by atoms with Crippen molar-refractivity contribution in [3.05, 3.63) is 59.2 Å². The highest BCUT2D eigenvalue weighted by Crippen LogP contribution is 2.30. The van der Waals surface area contributed by atoms with Crippen LogP contribution >= 0.6 is 0 Å². The van der Waals surface area contributed by atoms with Crippen molar-refractivity contribution in [1.82, 2.24) is 0 Å². The molecule has 0 radical (unpaired) electrons. The maximum atomic E-state index is 12.3. The minimum Gasteiger partial charge on any atom is -0.497 e. The summed E-state index contributed by atoms with van der Waals surface area (Å²) in [6, 6.07) is 11.4. The fourth-order valence-corrected chi connectivity index (χ4v) is 2.40. The largest absolute Gasteiger partial charge is 0.497 e. The lowest BCUT2D eigenvalue weighted by atomic mass is 10.1. The molecule has 1 N–H and O–H groups in total. The molecule has 1 amide bonds. The van der Waals surface area contributed by atoms with E-state index in [9.17, 15) is 4.79 Å². The third-order valence-corrected chi connectivity index (χ3v) is 3.96. The molecular formula is C20H23NO3. The summed E-state index contributed by atoms with van der Waals surface area (Å²) in [4.78, 5) is 12.3. The van der Waals surface area contributed by atoms with Gasteiger partial charge >= 0.3 is 0 Å². The maximum absolute atomic E-state index is 12.3. The lowest BCUT2D eigenvalue weighted by molar-refractivity contribution is -0.111. The lowest BCUT2D eigenvalue weighted by Crippen LogP contribution is -2.09. The third kappa shape index (κ3) is 4.16. The van der Waals surface area contributed by atoms with E-state index in [0.717, 1.165) is 22.4 Å². The number of carbonyl (C=O) groups excluding carboxylic acids is 1. The molecule has 0 saturated carbocycles. The van der Waals surface area contributed by atoms with Crippen molar-refractivity contribution in [2.24, 2.45) is 0 Å². The van der Waals surface area contributed by atoms with E-state index in [-0.39, 0.29) is 5.91 Å². The Hall–Kier alpha value is -2.75. The molecule has 126 valence electrons. The average molecular weight is 325 g/mol. The number of anilines is 1. The van der Waals surface area contributed by atoms with Gasteiger partial charge in [-0.25, -0.2) is 0 Å². The van der Waals surface area contributed by atoms with Crippen LogP contribution in [-0.4, -0.2) is 20.1 Å². The Kier molecular flexibility index (Phi) is 5.64. The zero-order chi connectivity index (χ0) is 17.7. The quantitative estimate of drug-likeness (QED) is 0.831. The first-order valence-electron chi connectivity index (χ1n) is 7.73. The van der Waals surface area contributed by atoms with E-state index in [1.807, 2.05) is 51.1 Å². The summed E-state index contributed by atoms with van der Waals surface area (Å²) in [6.45, 7) is 5.94. The van der Waals surface area contributed by atoms with Crippen molar-refractivity contribution in [2.75, 3.05) is 19.5 Å². The Morgan fingerprint density at radius 3 is 2.38 bits per heavy atom. The molecule has 0 aliphatic carbocycles. The molecule has 0 heterocycles. The highest BCUT2D eigenvalue weighted by molar-refractivity contribution is 6.04. The molecule has 0 aromatic heterocycles. The number of amides is 1. The Balaban J connectivity index is 2.20. The first-order valence-corrected chi connectivity index (χ1v) is 7.73. The van der Waals surface area contributed by atoms with E-state index in [0.29, 0.717) is 11.5 Å². The molecule has 0 spiro atoms. The molecule has 4 nitrogen and oxygen atoms in total. The maximum Gasteiger partial charge on any atom is 0.248 e. The van der Waals surface area contributed by atoms with Gasteiger partial charge in [-0.15, -0.1) is 0 Å². The van der Waals surface area contributed by atoms with Crippen LogP contribution in [0.15, 0.2) is 42.5 Å². The van der Waals surface area contributed by atoms with Crippen molar-refractivity contribution >= 4 is 17.2 Å². The number of rotatable bonds is 5. The van der Waals surface area contributed by atoms with Gasteiger partial charge in [0.15, 0.2) is 0 Å². The summed E-state index contributed by atoms with van der Waals surface area (Å²) in [5.74, 6) is 1.21. The lowest BCUT2D eigenvalue weighted by Gasteiger charge is -2.11. The number of allylic oxidation sites excluding steroid dienone is 1. The average Bonchev–Trinajstić information content (AvgIpc) is 2.57. The molecule has 0 saturated heterocycles. The molecule has 0 fully saturated rings. The fraction of sp³-hybridized carbons (Fsp3) is 0.250. The summed E-state index contributed by atoms with van der Waals surface area (Å²) in [5.41, 5.74) is 4.80. The van der Waals surface area contributed by atoms with E-state index in [2.05, 4.69) is 5.32 Å². The highest BCUT2D eigenvalue weighted by atomic mass is 16.5. The number of ether oxygens (including phenoxy) is 2. The van der Waals surface area contributed by atoms with E-state index >= 15 is 0 Å². The monoisotopic (exact) mass is 325 g/mol. The van der Waals surface area contributed by atoms with Gasteiger partial charge in [0.2, 0.25) is 5.91 Å². The minimum atomic E-state index is -0.173. The topological polar surface area (TPSA) is 47.6 Å². The van der Waals surface area contributed by atoms with Crippen LogP contribution in [0, 0.1) is 13.8 Å². The van der Waals surface area contributed by atoms with Gasteiger partial charge in [-0.05, 0) is 61.7 Å². The molecule has 4 heteroatoms. The van der Waals surface area contributed by atoms with Crippen LogP contribution in [0.4, 0.5) is 5.69 Å². The SMILES string of the molecule is COc1ccc(/C(C)=C/C(=O)Nc2ccc(C)c(C)c2)c(OC)c1. The summed E-state index contributed by atoms with van der Waals surface area (Å²) < 4.78 is 10.6. The van der Waals surface area contributed by atoms with E-state index < -0.39 is 0 Å². The van der Waals surface area contributed by atoms with Crippen LogP contribution < -0.4 is 14.8 Å². The molecule has 0 aliphatic heterocycles. The third-order valence-electron chi connectivity index (χ3n) is 3.96. The molecule has 0 aliphatic rings. The van der Waals surface area contributed by atoms with Gasteiger partial charge < -0.3 is 14.8 Å². The summed E-state index contributed by atoms with van der Waals surface area (Å²) >= 11 is 0. The fourth-order valence-electron chi connectivity index (χ4n) is 2.40. The van der Waals surface area contributed by atoms with Crippen LogP contribution in [0.25, 0.3) is 5.57 Å². The number of carbonyl (C=O) groups is 1. The van der Waals surface area contributed by atoms with Crippen LogP contribution in [0.3, 0.4) is 0 Å². The Morgan fingerprint density at radius 1 is 1.00 bits per heavy atom. The van der Waals surface area contributed by atoms with Crippen molar-refractivity contribution in [2.45, 2.75) is 20.8 Å². The number of hydrogen-bond acceptors (Lipinski definition) is 3. The van der Waals surface area contributed by atoms with Gasteiger partial charge in [-0.2, -0.15) is 0 Å². The minimum absolute atomic E-state index is 0.173. The van der Waals surface area contributed by atoms with E-state index in [1.54, 1.807) is 26.4 Å². The second-order valence-electron chi connectivity index (χ2n) is 5.68. The molecule has 0 atom stereocenters. The smallest absolute Gasteiger partial charge is 0.248 e. The van der Waals surface area contributed by atoms with Crippen molar-refractivity contribution in [1.29, 1.82) is 0 Å². The molecule has 2 rings (SSSR count). The van der Waals surface area contributed by atoms with Gasteiger partial charge in [-0.1, -0.05) is 6.07 Å². The summed E-state index contributed by atoms with van der Waals surface area (Å²) in [5, 5.41) is 2.89. The van der Waals surface area contributed by atoms with Crippen molar-refractivity contribution in [3.63, 3.8) is 0 Å². The predicted octanol–water partition coefficient (Wildman–Crippen LogP) is 4.36. The van der Waals surface area contributed by atoms with Crippen LogP contribution in [0.5, 0.6) is 11.5 Å². The van der Waals surface area contributed by atoms with Gasteiger partial charge in [0.1, 0.15) is 11.5 Å². The van der Waals surface area contributed by atoms with Crippen LogP contribution in [0.1, 0.15) is 23.6 Å². The molecule has 24 heavy (non-hydrogen) atoms. The van der Waals surface area contributed by atoms with Gasteiger partial charge in [0, 0.05) is 23.4 Å². The van der Waals surface area contributed by atoms with Crippen molar-refractivity contribution in [3.8, 4) is 11.5 Å². The molecule has 0 bridgehead atoms. The standard InChI is InChI=1S/C20H23NO3/c1-13-6-7-16(10-14(13)2)21-20(22)11-15(3)18-9-8-17(23-4)12-19(18)24-5/h6-12H,1-5H3,(H,21,22)/b15-11+. The highest BCUT2D eigenvalue weighted by Gasteiger charge is 2.09. The number of hydrogen-bond donors (Lipinski definition) is 1. The molecule has 2 aromatic rings. The Labute approximate surface area is 143 Å². The molecule has 2 aromatic carbocycles. The van der Waals surface area contributed by atoms with Gasteiger partial charge in [0.05, 0.1) is 14.2 Å². The van der Waals surface area contributed by atoms with Gasteiger partial charge in [0.25, 0.3) is 0 Å². The number of benzene rings is 2.